The summed E-state index contributed by atoms with van der Waals surface area (Å²) in [6.07, 6.45) is 2.03. The predicted octanol–water partition coefficient (Wildman–Crippen LogP) is 1.39. The number of amides is 1. The van der Waals surface area contributed by atoms with Crippen LogP contribution in [-0.2, 0) is 10.1 Å². The molecule has 0 aliphatic heterocycles. The highest BCUT2D eigenvalue weighted by Gasteiger charge is 2.06. The van der Waals surface area contributed by atoms with Gasteiger partial charge < -0.3 is 8.92 Å². The smallest absolute Gasteiger partial charge is 0.410 e. The van der Waals surface area contributed by atoms with E-state index in [1.54, 1.807) is 6.26 Å². The van der Waals surface area contributed by atoms with Crippen molar-refractivity contribution in [3.63, 3.8) is 0 Å². The van der Waals surface area contributed by atoms with E-state index in [1.165, 1.54) is 24.3 Å². The molecule has 1 rings (SSSR count). The van der Waals surface area contributed by atoms with Crippen molar-refractivity contribution in [2.24, 2.45) is 0 Å². The first-order valence-corrected chi connectivity index (χ1v) is 7.45. The van der Waals surface area contributed by atoms with Crippen LogP contribution < -0.4 is 13.6 Å². The summed E-state index contributed by atoms with van der Waals surface area (Å²) < 4.78 is 33.5. The molecule has 0 spiro atoms. The van der Waals surface area contributed by atoms with Crippen molar-refractivity contribution in [2.75, 3.05) is 12.5 Å². The normalized spacial score (nSPS) is 10.7. The quantitative estimate of drug-likeness (QED) is 0.661. The molecular formula is C9H11NO5S2. The second-order valence-electron chi connectivity index (χ2n) is 2.95. The molecule has 0 unspecified atom stereocenters. The first kappa shape index (κ1) is 13.7. The van der Waals surface area contributed by atoms with Gasteiger partial charge in [-0.15, -0.1) is 0 Å². The van der Waals surface area contributed by atoms with Gasteiger partial charge in [-0.2, -0.15) is 8.42 Å². The lowest BCUT2D eigenvalue weighted by Gasteiger charge is -2.05. The van der Waals surface area contributed by atoms with Gasteiger partial charge in [0.05, 0.1) is 6.26 Å². The summed E-state index contributed by atoms with van der Waals surface area (Å²) >= 11 is 1.11. The fraction of sp³-hybridized carbons (Fsp3) is 0.222. The van der Waals surface area contributed by atoms with Gasteiger partial charge in [0.2, 0.25) is 0 Å². The van der Waals surface area contributed by atoms with Gasteiger partial charge in [0.1, 0.15) is 11.5 Å². The highest BCUT2D eigenvalue weighted by Crippen LogP contribution is 2.18. The molecule has 0 bridgehead atoms. The van der Waals surface area contributed by atoms with Gasteiger partial charge in [-0.05, 0) is 24.3 Å². The number of nitrogens with one attached hydrogen (secondary N) is 1. The van der Waals surface area contributed by atoms with Gasteiger partial charge in [0.15, 0.2) is 0 Å². The second kappa shape index (κ2) is 5.78. The van der Waals surface area contributed by atoms with Crippen molar-refractivity contribution in [3.8, 4) is 11.5 Å². The molecule has 6 nitrogen and oxygen atoms in total. The standard InChI is InChI=1S/C9H11NO5S2/c1-16-10-9(11)14-7-3-5-8(6-4-7)15-17(2,12)13/h3-6H,1-2H3,(H,10,11). The Morgan fingerprint density at radius 1 is 1.24 bits per heavy atom. The molecule has 0 aromatic heterocycles. The zero-order valence-electron chi connectivity index (χ0n) is 9.17. The van der Waals surface area contributed by atoms with E-state index >= 15 is 0 Å². The Morgan fingerprint density at radius 3 is 2.24 bits per heavy atom. The van der Waals surface area contributed by atoms with Crippen LogP contribution in [0, 0.1) is 0 Å². The molecule has 1 amide bonds. The zero-order chi connectivity index (χ0) is 12.9. The first-order chi connectivity index (χ1) is 7.90. The molecule has 0 heterocycles. The van der Waals surface area contributed by atoms with Crippen molar-refractivity contribution >= 4 is 28.2 Å². The monoisotopic (exact) mass is 277 g/mol. The molecule has 17 heavy (non-hydrogen) atoms. The highest BCUT2D eigenvalue weighted by atomic mass is 32.2. The lowest BCUT2D eigenvalue weighted by atomic mass is 10.3. The van der Waals surface area contributed by atoms with Crippen molar-refractivity contribution in [1.82, 2.24) is 4.72 Å². The van der Waals surface area contributed by atoms with E-state index in [9.17, 15) is 13.2 Å². The fourth-order valence-corrected chi connectivity index (χ4v) is 1.62. The van der Waals surface area contributed by atoms with Gasteiger partial charge in [-0.1, -0.05) is 11.9 Å². The van der Waals surface area contributed by atoms with E-state index in [4.69, 9.17) is 4.74 Å². The number of carbonyl (C=O) groups is 1. The maximum absolute atomic E-state index is 11.0. The lowest BCUT2D eigenvalue weighted by Crippen LogP contribution is -2.19. The Hall–Kier alpha value is -1.41. The van der Waals surface area contributed by atoms with Crippen LogP contribution in [0.2, 0.25) is 0 Å². The lowest BCUT2D eigenvalue weighted by molar-refractivity contribution is 0.207. The molecule has 1 aromatic rings. The Labute approximate surface area is 104 Å². The molecule has 0 saturated carbocycles. The predicted molar refractivity (Wildman–Crippen MR) is 64.6 cm³/mol. The number of carbonyl (C=O) groups excluding carboxylic acids is 1. The molecule has 8 heteroatoms. The van der Waals surface area contributed by atoms with Crippen LogP contribution in [0.3, 0.4) is 0 Å². The Balaban J connectivity index is 2.65. The van der Waals surface area contributed by atoms with E-state index in [2.05, 4.69) is 8.91 Å². The molecule has 0 radical (unpaired) electrons. The third-order valence-corrected chi connectivity index (χ3v) is 2.33. The molecular weight excluding hydrogens is 266 g/mol. The molecule has 0 aliphatic carbocycles. The molecule has 0 aliphatic rings. The average Bonchev–Trinajstić information content (AvgIpc) is 2.19. The van der Waals surface area contributed by atoms with Crippen LogP contribution in [0.5, 0.6) is 11.5 Å². The Kier molecular flexibility index (Phi) is 4.64. The number of hydrogen-bond acceptors (Lipinski definition) is 6. The van der Waals surface area contributed by atoms with E-state index < -0.39 is 16.2 Å². The van der Waals surface area contributed by atoms with Crippen molar-refractivity contribution < 1.29 is 22.1 Å². The van der Waals surface area contributed by atoms with Gasteiger partial charge in [-0.3, -0.25) is 4.72 Å². The van der Waals surface area contributed by atoms with Crippen LogP contribution in [0.1, 0.15) is 0 Å². The number of benzene rings is 1. The number of ether oxygens (including phenoxy) is 1. The van der Waals surface area contributed by atoms with E-state index in [0.717, 1.165) is 18.2 Å². The summed E-state index contributed by atoms with van der Waals surface area (Å²) in [5, 5.41) is 0. The minimum Gasteiger partial charge on any atom is -0.410 e. The second-order valence-corrected chi connectivity index (χ2v) is 5.14. The maximum Gasteiger partial charge on any atom is 0.422 e. The number of hydrogen-bond donors (Lipinski definition) is 1. The SMILES string of the molecule is CSNC(=O)Oc1ccc(OS(C)(=O)=O)cc1. The highest BCUT2D eigenvalue weighted by molar-refractivity contribution is 7.97. The minimum atomic E-state index is -3.55. The summed E-state index contributed by atoms with van der Waals surface area (Å²) in [5.74, 6) is 0.447. The molecule has 94 valence electrons. The van der Waals surface area contributed by atoms with Crippen molar-refractivity contribution in [2.45, 2.75) is 0 Å². The third-order valence-electron chi connectivity index (χ3n) is 1.47. The molecule has 1 N–H and O–H groups in total. The van der Waals surface area contributed by atoms with Crippen molar-refractivity contribution in [3.05, 3.63) is 24.3 Å². The summed E-state index contributed by atoms with van der Waals surface area (Å²) in [6, 6.07) is 5.65. The maximum atomic E-state index is 11.0. The molecule has 0 saturated heterocycles. The largest absolute Gasteiger partial charge is 0.422 e. The van der Waals surface area contributed by atoms with Crippen molar-refractivity contribution in [1.29, 1.82) is 0 Å². The molecule has 0 atom stereocenters. The van der Waals surface area contributed by atoms with E-state index in [0.29, 0.717) is 0 Å². The fourth-order valence-electron chi connectivity index (χ4n) is 0.949. The van der Waals surface area contributed by atoms with Gasteiger partial charge >= 0.3 is 16.2 Å². The summed E-state index contributed by atoms with van der Waals surface area (Å²) in [7, 11) is -3.55. The van der Waals surface area contributed by atoms with Crippen LogP contribution >= 0.6 is 11.9 Å². The molecule has 1 aromatic carbocycles. The Bertz CT molecular complexity index is 483. The topological polar surface area (TPSA) is 81.7 Å². The summed E-state index contributed by atoms with van der Waals surface area (Å²) in [6.45, 7) is 0. The van der Waals surface area contributed by atoms with Crippen LogP contribution in [-0.4, -0.2) is 27.0 Å². The number of rotatable bonds is 4. The van der Waals surface area contributed by atoms with Crippen LogP contribution in [0.4, 0.5) is 4.79 Å². The third kappa shape index (κ3) is 5.45. The van der Waals surface area contributed by atoms with Gasteiger partial charge in [0, 0.05) is 6.26 Å². The van der Waals surface area contributed by atoms with E-state index in [1.807, 2.05) is 0 Å². The van der Waals surface area contributed by atoms with Crippen LogP contribution in [0.15, 0.2) is 24.3 Å². The van der Waals surface area contributed by atoms with Gasteiger partial charge in [0.25, 0.3) is 0 Å². The van der Waals surface area contributed by atoms with Gasteiger partial charge in [-0.25, -0.2) is 4.79 Å². The summed E-state index contributed by atoms with van der Waals surface area (Å²) in [4.78, 5) is 11.0. The van der Waals surface area contributed by atoms with E-state index in [-0.39, 0.29) is 11.5 Å². The molecule has 0 fully saturated rings. The average molecular weight is 277 g/mol. The Morgan fingerprint density at radius 2 is 1.76 bits per heavy atom. The van der Waals surface area contributed by atoms with Crippen LogP contribution in [0.25, 0.3) is 0 Å². The minimum absolute atomic E-state index is 0.158. The zero-order valence-corrected chi connectivity index (χ0v) is 10.8. The first-order valence-electron chi connectivity index (χ1n) is 4.41. The summed E-state index contributed by atoms with van der Waals surface area (Å²) in [5.41, 5.74) is 0.